The number of ether oxygens (including phenoxy) is 1. The van der Waals surface area contributed by atoms with Crippen LogP contribution in [0.3, 0.4) is 0 Å². The van der Waals surface area contributed by atoms with Crippen LogP contribution in [0.1, 0.15) is 22.8 Å². The minimum atomic E-state index is -1.77. The number of aliphatic carboxylic acids is 3. The average Bonchev–Trinajstić information content (AvgIpc) is 2.88. The topological polar surface area (TPSA) is 167 Å². The molecule has 0 radical (unpaired) electrons. The summed E-state index contributed by atoms with van der Waals surface area (Å²) in [5.74, 6) is -13.4. The van der Waals surface area contributed by atoms with Crippen molar-refractivity contribution in [3.05, 3.63) is 81.8 Å². The largest absolute Gasteiger partial charge is 0.481 e. The number of rotatable bonds is 10. The third-order valence-corrected chi connectivity index (χ3v) is 8.04. The maximum absolute atomic E-state index is 13.2. The van der Waals surface area contributed by atoms with E-state index in [9.17, 15) is 39.3 Å². The molecule has 0 aliphatic heterocycles. The molecule has 0 heterocycles. The Morgan fingerprint density at radius 1 is 0.780 bits per heavy atom. The van der Waals surface area contributed by atoms with E-state index in [2.05, 4.69) is 5.32 Å². The molecule has 0 aromatic heterocycles. The van der Waals surface area contributed by atoms with Gasteiger partial charge in [-0.15, -0.1) is 0 Å². The molecule has 3 aromatic carbocycles. The number of carbonyl (C=O) groups excluding carboxylic acids is 2. The summed E-state index contributed by atoms with van der Waals surface area (Å²) in [6.07, 6.45) is -0.956. The lowest BCUT2D eigenvalue weighted by atomic mass is 9.56. The molecule has 0 spiro atoms. The number of nitrogens with one attached hydrogen (secondary N) is 1. The summed E-state index contributed by atoms with van der Waals surface area (Å²) in [6, 6.07) is 16.3. The number of carboxylic acid groups (broad SMARTS) is 3. The van der Waals surface area contributed by atoms with E-state index < -0.39 is 65.6 Å². The van der Waals surface area contributed by atoms with Crippen molar-refractivity contribution in [2.24, 2.45) is 23.7 Å². The molecule has 1 unspecified atom stereocenters. The van der Waals surface area contributed by atoms with Crippen LogP contribution in [0.15, 0.2) is 60.7 Å². The van der Waals surface area contributed by atoms with Crippen molar-refractivity contribution in [3.63, 3.8) is 0 Å². The fourth-order valence-electron chi connectivity index (χ4n) is 5.15. The fraction of sp³-hybridized carbons (Fsp3) is 0.276. The van der Waals surface area contributed by atoms with Crippen molar-refractivity contribution < 1.29 is 44.0 Å². The Morgan fingerprint density at radius 2 is 1.37 bits per heavy atom. The number of halogens is 2. The van der Waals surface area contributed by atoms with Crippen LogP contribution in [0.4, 0.5) is 0 Å². The fourth-order valence-corrected chi connectivity index (χ4v) is 5.47. The van der Waals surface area contributed by atoms with Crippen molar-refractivity contribution in [2.45, 2.75) is 25.5 Å². The molecule has 0 bridgehead atoms. The van der Waals surface area contributed by atoms with Gasteiger partial charge >= 0.3 is 23.9 Å². The monoisotopic (exact) mass is 601 g/mol. The summed E-state index contributed by atoms with van der Waals surface area (Å²) in [7, 11) is 0. The van der Waals surface area contributed by atoms with Crippen LogP contribution in [0, 0.1) is 23.7 Å². The Morgan fingerprint density at radius 3 is 1.95 bits per heavy atom. The molecule has 1 fully saturated rings. The van der Waals surface area contributed by atoms with Gasteiger partial charge in [0.15, 0.2) is 0 Å². The van der Waals surface area contributed by atoms with Gasteiger partial charge in [-0.3, -0.25) is 19.2 Å². The van der Waals surface area contributed by atoms with E-state index in [4.69, 9.17) is 27.9 Å². The number of carbonyl (C=O) groups is 5. The maximum atomic E-state index is 13.2. The quantitative estimate of drug-likeness (QED) is 0.249. The van der Waals surface area contributed by atoms with Crippen LogP contribution in [-0.2, 0) is 30.3 Å². The summed E-state index contributed by atoms with van der Waals surface area (Å²) < 4.78 is 5.81. The molecule has 4 N–H and O–H groups in total. The first-order chi connectivity index (χ1) is 19.4. The maximum Gasteiger partial charge on any atom is 0.338 e. The lowest BCUT2D eigenvalue weighted by Gasteiger charge is -2.44. The number of hydrogen-bond donors (Lipinski definition) is 4. The lowest BCUT2D eigenvalue weighted by molar-refractivity contribution is -0.187. The Labute approximate surface area is 243 Å². The standard InChI is InChI=1S/C29H25Cl2NO9/c1-13(32-25(33)21-22(26(34)35)24(28(38)39)23(21)27(36)37)20(11-14-6-9-18(30)19(31)10-14)41-29(40)17-8-7-15-4-2-3-5-16(15)12-17/h2-10,12-13,20-24H,11H2,1H3,(H,32,33)(H,34,35)(H,36,37)(H,38,39)/t13?,20-,21?,22+,23+,24?/m1/s1. The molecule has 3 aromatic rings. The van der Waals surface area contributed by atoms with E-state index in [1.807, 2.05) is 24.3 Å². The van der Waals surface area contributed by atoms with Gasteiger partial charge in [0.05, 0.1) is 45.3 Å². The van der Waals surface area contributed by atoms with Gasteiger partial charge in [0.2, 0.25) is 5.91 Å². The highest BCUT2D eigenvalue weighted by molar-refractivity contribution is 6.42. The van der Waals surface area contributed by atoms with Gasteiger partial charge in [0.25, 0.3) is 0 Å². The molecular formula is C29H25Cl2NO9. The Bertz CT molecular complexity index is 1520. The van der Waals surface area contributed by atoms with Gasteiger partial charge in [0, 0.05) is 6.42 Å². The third-order valence-electron chi connectivity index (χ3n) is 7.30. The Balaban J connectivity index is 1.59. The molecule has 1 amide bonds. The van der Waals surface area contributed by atoms with E-state index in [1.54, 1.807) is 36.4 Å². The molecule has 0 saturated heterocycles. The van der Waals surface area contributed by atoms with Crippen LogP contribution >= 0.6 is 23.2 Å². The second-order valence-corrected chi connectivity index (χ2v) is 10.7. The zero-order chi connectivity index (χ0) is 30.0. The van der Waals surface area contributed by atoms with E-state index in [0.717, 1.165) is 10.8 Å². The second kappa shape index (κ2) is 12.2. The highest BCUT2D eigenvalue weighted by atomic mass is 35.5. The summed E-state index contributed by atoms with van der Waals surface area (Å²) >= 11 is 12.2. The van der Waals surface area contributed by atoms with Crippen molar-refractivity contribution in [1.82, 2.24) is 5.32 Å². The number of benzene rings is 3. The van der Waals surface area contributed by atoms with Gasteiger partial charge in [-0.05, 0) is 47.5 Å². The molecule has 1 saturated carbocycles. The predicted molar refractivity (Wildman–Crippen MR) is 148 cm³/mol. The molecule has 10 nitrogen and oxygen atoms in total. The molecule has 12 heteroatoms. The molecule has 214 valence electrons. The van der Waals surface area contributed by atoms with Crippen molar-refractivity contribution in [3.8, 4) is 0 Å². The van der Waals surface area contributed by atoms with Gasteiger partial charge in [-0.25, -0.2) is 4.79 Å². The van der Waals surface area contributed by atoms with Crippen molar-refractivity contribution >= 4 is 63.8 Å². The predicted octanol–water partition coefficient (Wildman–Crippen LogP) is 4.15. The van der Waals surface area contributed by atoms with E-state index in [-0.39, 0.29) is 17.0 Å². The van der Waals surface area contributed by atoms with Crippen LogP contribution < -0.4 is 5.32 Å². The second-order valence-electron chi connectivity index (χ2n) is 9.87. The SMILES string of the molecule is CC(NC(=O)C1[C@H](C(=O)O)C(C(=O)O)[C@H]1C(=O)O)[C@@H](Cc1ccc(Cl)c(Cl)c1)OC(=O)c1ccc2ccccc2c1. The van der Waals surface area contributed by atoms with Gasteiger partial charge < -0.3 is 25.4 Å². The molecule has 4 atom stereocenters. The first-order valence-corrected chi connectivity index (χ1v) is 13.3. The highest BCUT2D eigenvalue weighted by Crippen LogP contribution is 2.47. The normalized spacial score (nSPS) is 21.2. The molecule has 4 rings (SSSR count). The zero-order valence-electron chi connectivity index (χ0n) is 21.5. The number of hydrogen-bond acceptors (Lipinski definition) is 6. The minimum Gasteiger partial charge on any atom is -0.481 e. The number of amides is 1. The van der Waals surface area contributed by atoms with Crippen LogP contribution in [-0.4, -0.2) is 57.2 Å². The van der Waals surface area contributed by atoms with Gasteiger partial charge in [-0.1, -0.05) is 59.6 Å². The van der Waals surface area contributed by atoms with Crippen molar-refractivity contribution in [2.75, 3.05) is 0 Å². The lowest BCUT2D eigenvalue weighted by Crippen LogP contribution is -2.63. The Kier molecular flexibility index (Phi) is 8.84. The molecule has 1 aliphatic rings. The molecular weight excluding hydrogens is 577 g/mol. The van der Waals surface area contributed by atoms with Gasteiger partial charge in [-0.2, -0.15) is 0 Å². The summed E-state index contributed by atoms with van der Waals surface area (Å²) in [4.78, 5) is 61.5. The smallest absolute Gasteiger partial charge is 0.338 e. The summed E-state index contributed by atoms with van der Waals surface area (Å²) in [5.41, 5.74) is 0.861. The first kappa shape index (κ1) is 29.8. The molecule has 1 aliphatic carbocycles. The highest BCUT2D eigenvalue weighted by Gasteiger charge is 2.64. The summed E-state index contributed by atoms with van der Waals surface area (Å²) in [5, 5.41) is 33.3. The van der Waals surface area contributed by atoms with E-state index >= 15 is 0 Å². The van der Waals surface area contributed by atoms with E-state index in [0.29, 0.717) is 10.6 Å². The van der Waals surface area contributed by atoms with Crippen molar-refractivity contribution in [1.29, 1.82) is 0 Å². The Hall–Kier alpha value is -4.15. The van der Waals surface area contributed by atoms with Crippen LogP contribution in [0.2, 0.25) is 10.0 Å². The van der Waals surface area contributed by atoms with Crippen LogP contribution in [0.5, 0.6) is 0 Å². The zero-order valence-corrected chi connectivity index (χ0v) is 23.0. The van der Waals surface area contributed by atoms with E-state index in [1.165, 1.54) is 6.92 Å². The number of esters is 1. The van der Waals surface area contributed by atoms with Crippen LogP contribution in [0.25, 0.3) is 10.8 Å². The third kappa shape index (κ3) is 6.28. The molecule has 41 heavy (non-hydrogen) atoms. The summed E-state index contributed by atoms with van der Waals surface area (Å²) in [6.45, 7) is 1.51. The van der Waals surface area contributed by atoms with Gasteiger partial charge in [0.1, 0.15) is 6.10 Å². The number of fused-ring (bicyclic) bond motifs is 1. The minimum absolute atomic E-state index is 0.0603. The number of carboxylic acids is 3. The first-order valence-electron chi connectivity index (χ1n) is 12.5. The average molecular weight is 602 g/mol.